The van der Waals surface area contributed by atoms with Crippen molar-refractivity contribution < 1.29 is 19.8 Å². The number of benzene rings is 1. The predicted molar refractivity (Wildman–Crippen MR) is 62.3 cm³/mol. The second-order valence-corrected chi connectivity index (χ2v) is 4.00. The fourth-order valence-electron chi connectivity index (χ4n) is 1.21. The Morgan fingerprint density at radius 2 is 2.00 bits per heavy atom. The molecule has 0 heterocycles. The van der Waals surface area contributed by atoms with Crippen LogP contribution in [0.1, 0.15) is 17.3 Å². The van der Waals surface area contributed by atoms with Gasteiger partial charge in [0.25, 0.3) is 5.91 Å². The highest BCUT2D eigenvalue weighted by molar-refractivity contribution is 6.33. The van der Waals surface area contributed by atoms with Crippen molar-refractivity contribution in [1.29, 1.82) is 0 Å². The molecule has 0 spiro atoms. The number of phenols is 1. The summed E-state index contributed by atoms with van der Waals surface area (Å²) < 4.78 is 0. The largest absolute Gasteiger partial charge is 0.508 e. The summed E-state index contributed by atoms with van der Waals surface area (Å²) in [5.74, 6) is -1.77. The first kappa shape index (κ1) is 13.3. The van der Waals surface area contributed by atoms with Crippen LogP contribution in [-0.4, -0.2) is 40.1 Å². The smallest absolute Gasteiger partial charge is 0.326 e. The molecule has 0 saturated heterocycles. The van der Waals surface area contributed by atoms with Crippen molar-refractivity contribution in [3.05, 3.63) is 28.8 Å². The van der Waals surface area contributed by atoms with Crippen LogP contribution in [0.2, 0.25) is 5.02 Å². The minimum absolute atomic E-state index is 0.0715. The summed E-state index contributed by atoms with van der Waals surface area (Å²) in [6, 6.07) is 2.96. The van der Waals surface area contributed by atoms with Gasteiger partial charge in [0.05, 0.1) is 10.6 Å². The molecule has 0 aliphatic heterocycles. The van der Waals surface area contributed by atoms with Gasteiger partial charge in [0.1, 0.15) is 11.8 Å². The van der Waals surface area contributed by atoms with Gasteiger partial charge in [-0.15, -0.1) is 0 Å². The minimum Gasteiger partial charge on any atom is -0.508 e. The summed E-state index contributed by atoms with van der Waals surface area (Å²) in [6.45, 7) is 1.39. The Balaban J connectivity index is 3.04. The number of hydrogen-bond donors (Lipinski definition) is 2. The zero-order valence-electron chi connectivity index (χ0n) is 9.35. The number of aliphatic carboxylic acids is 1. The van der Waals surface area contributed by atoms with Crippen LogP contribution in [0, 0.1) is 0 Å². The molecule has 2 N–H and O–H groups in total. The van der Waals surface area contributed by atoms with Crippen LogP contribution in [0.15, 0.2) is 18.2 Å². The lowest BCUT2D eigenvalue weighted by atomic mass is 10.1. The maximum absolute atomic E-state index is 11.9. The van der Waals surface area contributed by atoms with Gasteiger partial charge < -0.3 is 15.1 Å². The molecule has 17 heavy (non-hydrogen) atoms. The van der Waals surface area contributed by atoms with Crippen molar-refractivity contribution in [2.45, 2.75) is 13.0 Å². The number of rotatable bonds is 3. The molecule has 1 aromatic carbocycles. The van der Waals surface area contributed by atoms with Gasteiger partial charge in [-0.25, -0.2) is 4.79 Å². The number of carbonyl (C=O) groups is 2. The summed E-state index contributed by atoms with van der Waals surface area (Å²) in [4.78, 5) is 23.7. The van der Waals surface area contributed by atoms with Crippen LogP contribution in [0.3, 0.4) is 0 Å². The number of phenolic OH excluding ortho intramolecular Hbond substituents is 1. The lowest BCUT2D eigenvalue weighted by Gasteiger charge is -2.22. The molecule has 0 aliphatic carbocycles. The van der Waals surface area contributed by atoms with E-state index in [9.17, 15) is 14.7 Å². The Morgan fingerprint density at radius 1 is 1.41 bits per heavy atom. The lowest BCUT2D eigenvalue weighted by Crippen LogP contribution is -2.40. The van der Waals surface area contributed by atoms with Crippen LogP contribution in [0.5, 0.6) is 5.75 Å². The molecule has 0 aromatic heterocycles. The number of carboxylic acid groups (broad SMARTS) is 1. The molecule has 92 valence electrons. The SMILES string of the molecule is CC(C(=O)O)N(C)C(=O)c1cc(O)ccc1Cl. The van der Waals surface area contributed by atoms with E-state index >= 15 is 0 Å². The molecule has 0 saturated carbocycles. The lowest BCUT2D eigenvalue weighted by molar-refractivity contribution is -0.141. The highest BCUT2D eigenvalue weighted by Crippen LogP contribution is 2.22. The van der Waals surface area contributed by atoms with Crippen molar-refractivity contribution in [2.24, 2.45) is 0 Å². The minimum atomic E-state index is -1.11. The fraction of sp³-hybridized carbons (Fsp3) is 0.273. The topological polar surface area (TPSA) is 77.8 Å². The number of carbonyl (C=O) groups excluding carboxylic acids is 1. The summed E-state index contributed by atoms with van der Waals surface area (Å²) >= 11 is 5.81. The van der Waals surface area contributed by atoms with Crippen LogP contribution >= 0.6 is 11.6 Å². The normalized spacial score (nSPS) is 11.9. The Labute approximate surface area is 103 Å². The molecule has 1 aromatic rings. The first-order chi connectivity index (χ1) is 7.84. The van der Waals surface area contributed by atoms with Gasteiger partial charge >= 0.3 is 5.97 Å². The zero-order chi connectivity index (χ0) is 13.2. The quantitative estimate of drug-likeness (QED) is 0.862. The Kier molecular flexibility index (Phi) is 3.96. The second kappa shape index (κ2) is 5.05. The molecule has 1 rings (SSSR count). The Hall–Kier alpha value is -1.75. The molecule has 0 radical (unpaired) electrons. The van der Waals surface area contributed by atoms with Gasteiger partial charge in [0.15, 0.2) is 0 Å². The van der Waals surface area contributed by atoms with E-state index < -0.39 is 17.9 Å². The first-order valence-electron chi connectivity index (χ1n) is 4.83. The number of hydrogen-bond acceptors (Lipinski definition) is 3. The fourth-order valence-corrected chi connectivity index (χ4v) is 1.41. The van der Waals surface area contributed by atoms with Crippen molar-refractivity contribution >= 4 is 23.5 Å². The average molecular weight is 258 g/mol. The molecule has 1 unspecified atom stereocenters. The predicted octanol–water partition coefficient (Wildman–Crippen LogP) is 1.59. The van der Waals surface area contributed by atoms with Crippen LogP contribution in [0.4, 0.5) is 0 Å². The Morgan fingerprint density at radius 3 is 2.53 bits per heavy atom. The molecular weight excluding hydrogens is 246 g/mol. The van der Waals surface area contributed by atoms with E-state index in [1.54, 1.807) is 0 Å². The maximum Gasteiger partial charge on any atom is 0.326 e. The highest BCUT2D eigenvalue weighted by Gasteiger charge is 2.24. The highest BCUT2D eigenvalue weighted by atomic mass is 35.5. The number of likely N-dealkylation sites (N-methyl/N-ethyl adjacent to an activating group) is 1. The summed E-state index contributed by atoms with van der Waals surface area (Å²) in [5.41, 5.74) is 0.0715. The third kappa shape index (κ3) is 2.88. The van der Waals surface area contributed by atoms with E-state index in [1.807, 2.05) is 0 Å². The van der Waals surface area contributed by atoms with E-state index in [4.69, 9.17) is 16.7 Å². The van der Waals surface area contributed by atoms with Crippen LogP contribution in [0.25, 0.3) is 0 Å². The molecule has 0 aliphatic rings. The number of amides is 1. The van der Waals surface area contributed by atoms with Crippen LogP contribution in [-0.2, 0) is 4.79 Å². The monoisotopic (exact) mass is 257 g/mol. The van der Waals surface area contributed by atoms with E-state index in [-0.39, 0.29) is 16.3 Å². The Bertz CT molecular complexity index is 461. The average Bonchev–Trinajstić information content (AvgIpc) is 2.29. The van der Waals surface area contributed by atoms with Gasteiger partial charge in [-0.05, 0) is 25.1 Å². The molecule has 1 atom stereocenters. The van der Waals surface area contributed by atoms with Crippen molar-refractivity contribution in [2.75, 3.05) is 7.05 Å². The van der Waals surface area contributed by atoms with E-state index in [0.29, 0.717) is 0 Å². The standard InChI is InChI=1S/C11H12ClNO4/c1-6(11(16)17)13(2)10(15)8-5-7(14)3-4-9(8)12/h3-6,14H,1-2H3,(H,16,17). The van der Waals surface area contributed by atoms with Gasteiger partial charge in [0.2, 0.25) is 0 Å². The number of halogens is 1. The second-order valence-electron chi connectivity index (χ2n) is 3.59. The molecule has 1 amide bonds. The summed E-state index contributed by atoms with van der Waals surface area (Å²) in [7, 11) is 1.36. The van der Waals surface area contributed by atoms with Crippen LogP contribution < -0.4 is 0 Å². The van der Waals surface area contributed by atoms with Gasteiger partial charge in [-0.2, -0.15) is 0 Å². The van der Waals surface area contributed by atoms with E-state index in [2.05, 4.69) is 0 Å². The number of nitrogens with zero attached hydrogens (tertiary/aromatic N) is 1. The zero-order valence-corrected chi connectivity index (χ0v) is 10.1. The molecular formula is C11H12ClNO4. The third-order valence-electron chi connectivity index (χ3n) is 2.44. The number of aromatic hydroxyl groups is 1. The third-order valence-corrected chi connectivity index (χ3v) is 2.77. The molecule has 6 heteroatoms. The summed E-state index contributed by atoms with van der Waals surface area (Å²) in [6.07, 6.45) is 0. The van der Waals surface area contributed by atoms with Gasteiger partial charge in [0, 0.05) is 7.05 Å². The number of carboxylic acids is 1. The van der Waals surface area contributed by atoms with Crippen molar-refractivity contribution in [3.8, 4) is 5.75 Å². The molecule has 5 nitrogen and oxygen atoms in total. The van der Waals surface area contributed by atoms with Gasteiger partial charge in [-0.1, -0.05) is 11.6 Å². The molecule has 0 bridgehead atoms. The maximum atomic E-state index is 11.9. The van der Waals surface area contributed by atoms with Crippen molar-refractivity contribution in [1.82, 2.24) is 4.90 Å². The first-order valence-corrected chi connectivity index (χ1v) is 5.21. The van der Waals surface area contributed by atoms with E-state index in [1.165, 1.54) is 32.2 Å². The van der Waals surface area contributed by atoms with Gasteiger partial charge in [-0.3, -0.25) is 4.79 Å². The summed E-state index contributed by atoms with van der Waals surface area (Å²) in [5, 5.41) is 18.2. The molecule has 0 fully saturated rings. The van der Waals surface area contributed by atoms with E-state index in [0.717, 1.165) is 4.90 Å². The van der Waals surface area contributed by atoms with Crippen molar-refractivity contribution in [3.63, 3.8) is 0 Å².